The molecule has 0 radical (unpaired) electrons. The quantitative estimate of drug-likeness (QED) is 0.553. The Kier molecular flexibility index (Phi) is 5.40. The Bertz CT molecular complexity index is 1200. The van der Waals surface area contributed by atoms with Crippen LogP contribution < -0.4 is 13.9 Å². The van der Waals surface area contributed by atoms with Crippen LogP contribution in [0.25, 0.3) is 0 Å². The van der Waals surface area contributed by atoms with E-state index in [1.54, 1.807) is 60.7 Å². The van der Waals surface area contributed by atoms with Crippen LogP contribution in [0.3, 0.4) is 0 Å². The van der Waals surface area contributed by atoms with Gasteiger partial charge in [0.2, 0.25) is 0 Å². The van der Waals surface area contributed by atoms with Crippen molar-refractivity contribution in [3.05, 3.63) is 83.4 Å². The number of nitrogens with zero attached hydrogens (tertiary/aromatic N) is 2. The maximum absolute atomic E-state index is 13.4. The summed E-state index contributed by atoms with van der Waals surface area (Å²) in [5.74, 6) is 0.597. The van der Waals surface area contributed by atoms with Crippen molar-refractivity contribution in [1.29, 1.82) is 0 Å². The molecule has 0 spiro atoms. The van der Waals surface area contributed by atoms with Crippen molar-refractivity contribution in [3.8, 4) is 5.75 Å². The molecule has 0 saturated carbocycles. The van der Waals surface area contributed by atoms with Gasteiger partial charge in [-0.25, -0.2) is 13.2 Å². The van der Waals surface area contributed by atoms with Crippen LogP contribution in [0.4, 0.5) is 16.2 Å². The molecule has 6 nitrogen and oxygen atoms in total. The lowest BCUT2D eigenvalue weighted by atomic mass is 10.2. The molecule has 0 saturated heterocycles. The molecule has 154 valence electrons. The number of benzene rings is 3. The largest absolute Gasteiger partial charge is 0.494 e. The molecule has 8 heteroatoms. The Hall–Kier alpha value is -3.03. The van der Waals surface area contributed by atoms with Crippen molar-refractivity contribution in [1.82, 2.24) is 0 Å². The van der Waals surface area contributed by atoms with E-state index in [0.717, 1.165) is 9.87 Å². The Balaban J connectivity index is 1.81. The Morgan fingerprint density at radius 3 is 2.40 bits per heavy atom. The van der Waals surface area contributed by atoms with Gasteiger partial charge >= 0.3 is 6.03 Å². The topological polar surface area (TPSA) is 66.9 Å². The average Bonchev–Trinajstić information content (AvgIpc) is 2.73. The molecule has 0 aliphatic carbocycles. The lowest BCUT2D eigenvalue weighted by Crippen LogP contribution is -2.50. The molecule has 4 rings (SSSR count). The molecule has 1 aliphatic rings. The molecule has 1 aliphatic heterocycles. The summed E-state index contributed by atoms with van der Waals surface area (Å²) in [4.78, 5) is 14.9. The first-order chi connectivity index (χ1) is 14.4. The van der Waals surface area contributed by atoms with Crippen molar-refractivity contribution in [3.63, 3.8) is 0 Å². The number of hydrogen-bond acceptors (Lipinski definition) is 4. The van der Waals surface area contributed by atoms with Crippen LogP contribution >= 0.6 is 11.6 Å². The van der Waals surface area contributed by atoms with Gasteiger partial charge in [-0.05, 0) is 61.0 Å². The fraction of sp³-hybridized carbons (Fsp3) is 0.136. The lowest BCUT2D eigenvalue weighted by molar-refractivity contribution is 0.253. The fourth-order valence-corrected chi connectivity index (χ4v) is 5.18. The molecular formula is C22H19ClN2O4S. The molecule has 0 fully saturated rings. The molecule has 1 heterocycles. The minimum atomic E-state index is -4.07. The molecule has 0 N–H and O–H groups in total. The zero-order valence-corrected chi connectivity index (χ0v) is 17.7. The third-order valence-electron chi connectivity index (χ3n) is 4.69. The maximum Gasteiger partial charge on any atom is 0.343 e. The highest BCUT2D eigenvalue weighted by Gasteiger charge is 2.42. The van der Waals surface area contributed by atoms with Crippen molar-refractivity contribution in [2.45, 2.75) is 18.4 Å². The molecule has 0 bridgehead atoms. The van der Waals surface area contributed by atoms with Gasteiger partial charge in [0.05, 0.1) is 24.5 Å². The summed E-state index contributed by atoms with van der Waals surface area (Å²) in [5.41, 5.74) is 1.37. The van der Waals surface area contributed by atoms with E-state index in [1.165, 1.54) is 11.0 Å². The Labute approximate surface area is 180 Å². The summed E-state index contributed by atoms with van der Waals surface area (Å²) >= 11 is 6.09. The van der Waals surface area contributed by atoms with E-state index in [1.807, 2.05) is 13.0 Å². The second-order valence-electron chi connectivity index (χ2n) is 6.66. The number of fused-ring (bicyclic) bond motifs is 1. The summed E-state index contributed by atoms with van der Waals surface area (Å²) in [6.07, 6.45) is 0. The predicted octanol–water partition coefficient (Wildman–Crippen LogP) is 5.07. The third-order valence-corrected chi connectivity index (χ3v) is 6.67. The first-order valence-corrected chi connectivity index (χ1v) is 11.2. The van der Waals surface area contributed by atoms with E-state index < -0.39 is 16.1 Å². The number of carbonyl (C=O) groups is 1. The number of rotatable bonds is 5. The fourth-order valence-electron chi connectivity index (χ4n) is 3.38. The normalized spacial score (nSPS) is 15.1. The Morgan fingerprint density at radius 2 is 1.70 bits per heavy atom. The molecule has 0 atom stereocenters. The van der Waals surface area contributed by atoms with Gasteiger partial charge in [-0.1, -0.05) is 35.9 Å². The zero-order valence-electron chi connectivity index (χ0n) is 16.2. The number of amides is 2. The van der Waals surface area contributed by atoms with E-state index in [2.05, 4.69) is 0 Å². The van der Waals surface area contributed by atoms with Gasteiger partial charge in [0.25, 0.3) is 10.0 Å². The van der Waals surface area contributed by atoms with E-state index in [9.17, 15) is 13.2 Å². The lowest BCUT2D eigenvalue weighted by Gasteiger charge is -2.36. The van der Waals surface area contributed by atoms with Crippen molar-refractivity contribution in [2.75, 3.05) is 15.8 Å². The first-order valence-electron chi connectivity index (χ1n) is 9.35. The number of sulfonamides is 1. The van der Waals surface area contributed by atoms with E-state index in [4.69, 9.17) is 16.3 Å². The molecule has 3 aromatic carbocycles. The maximum atomic E-state index is 13.4. The van der Waals surface area contributed by atoms with Crippen LogP contribution in [0.1, 0.15) is 12.5 Å². The van der Waals surface area contributed by atoms with E-state index in [-0.39, 0.29) is 17.1 Å². The predicted molar refractivity (Wildman–Crippen MR) is 117 cm³/mol. The minimum Gasteiger partial charge on any atom is -0.494 e. The van der Waals surface area contributed by atoms with Crippen LogP contribution in [-0.4, -0.2) is 21.1 Å². The van der Waals surface area contributed by atoms with Gasteiger partial charge < -0.3 is 4.74 Å². The van der Waals surface area contributed by atoms with Crippen molar-refractivity contribution in [2.24, 2.45) is 0 Å². The average molecular weight is 443 g/mol. The van der Waals surface area contributed by atoms with Gasteiger partial charge in [0.1, 0.15) is 10.6 Å². The highest BCUT2D eigenvalue weighted by Crippen LogP contribution is 2.38. The number of halogens is 1. The molecule has 3 aromatic rings. The van der Waals surface area contributed by atoms with Crippen LogP contribution in [0.2, 0.25) is 5.02 Å². The second-order valence-corrected chi connectivity index (χ2v) is 8.85. The smallest absolute Gasteiger partial charge is 0.343 e. The molecule has 0 unspecified atom stereocenters. The summed E-state index contributed by atoms with van der Waals surface area (Å²) in [6, 6.07) is 19.4. The molecule has 0 aromatic heterocycles. The Morgan fingerprint density at radius 1 is 0.967 bits per heavy atom. The number of carbonyl (C=O) groups excluding carboxylic acids is 1. The third kappa shape index (κ3) is 3.62. The number of hydrogen-bond donors (Lipinski definition) is 0. The van der Waals surface area contributed by atoms with Gasteiger partial charge in [-0.2, -0.15) is 4.31 Å². The van der Waals surface area contributed by atoms with Crippen LogP contribution in [0.5, 0.6) is 5.75 Å². The van der Waals surface area contributed by atoms with E-state index in [0.29, 0.717) is 23.1 Å². The SMILES string of the molecule is CCOc1ccc(N2C(=O)N(Cc3cccc(Cl)c3)c3ccccc3S2(=O)=O)cc1. The molecular weight excluding hydrogens is 424 g/mol. The van der Waals surface area contributed by atoms with Gasteiger partial charge in [0, 0.05) is 5.02 Å². The number of ether oxygens (including phenoxy) is 1. The first kappa shape index (κ1) is 20.3. The molecule has 30 heavy (non-hydrogen) atoms. The van der Waals surface area contributed by atoms with Crippen LogP contribution in [0.15, 0.2) is 77.7 Å². The standard InChI is InChI=1S/C22H19ClN2O4S/c1-2-29-19-12-10-18(11-13-19)25-22(26)24(15-16-6-5-7-17(23)14-16)20-8-3-4-9-21(20)30(25,27)28/h3-14H,2,15H2,1H3. The molecule has 2 amide bonds. The van der Waals surface area contributed by atoms with Gasteiger partial charge in [0.15, 0.2) is 0 Å². The monoisotopic (exact) mass is 442 g/mol. The minimum absolute atomic E-state index is 0.0699. The summed E-state index contributed by atoms with van der Waals surface area (Å²) in [5, 5.41) is 0.543. The highest BCUT2D eigenvalue weighted by molar-refractivity contribution is 7.94. The highest BCUT2D eigenvalue weighted by atomic mass is 35.5. The zero-order chi connectivity index (χ0) is 21.3. The number of para-hydroxylation sites is 1. The summed E-state index contributed by atoms with van der Waals surface area (Å²) < 4.78 is 32.9. The second kappa shape index (κ2) is 8.01. The van der Waals surface area contributed by atoms with Gasteiger partial charge in [-0.3, -0.25) is 4.90 Å². The van der Waals surface area contributed by atoms with Crippen molar-refractivity contribution >= 4 is 39.0 Å². The van der Waals surface area contributed by atoms with Crippen LogP contribution in [-0.2, 0) is 16.6 Å². The van der Waals surface area contributed by atoms with Crippen LogP contribution in [0, 0.1) is 0 Å². The summed E-state index contributed by atoms with van der Waals surface area (Å²) in [6.45, 7) is 2.53. The van der Waals surface area contributed by atoms with E-state index >= 15 is 0 Å². The van der Waals surface area contributed by atoms with Crippen molar-refractivity contribution < 1.29 is 17.9 Å². The number of urea groups is 1. The number of anilines is 2. The van der Waals surface area contributed by atoms with Gasteiger partial charge in [-0.15, -0.1) is 0 Å². The summed E-state index contributed by atoms with van der Waals surface area (Å²) in [7, 11) is -4.07.